The maximum Gasteiger partial charge on any atom is 0.145 e. The molecule has 100 valence electrons. The quantitative estimate of drug-likeness (QED) is 0.928. The Balaban J connectivity index is 2.36. The molecule has 1 aromatic heterocycles. The summed E-state index contributed by atoms with van der Waals surface area (Å²) in [5, 5.41) is 3.16. The number of nitrogens with zero attached hydrogens (tertiary/aromatic N) is 3. The molecule has 18 heavy (non-hydrogen) atoms. The lowest BCUT2D eigenvalue weighted by atomic mass is 10.0. The van der Waals surface area contributed by atoms with E-state index in [-0.39, 0.29) is 0 Å². The summed E-state index contributed by atoms with van der Waals surface area (Å²) in [5.41, 5.74) is 1.18. The average Bonchev–Trinajstić information content (AvgIpc) is 2.84. The number of aromatic nitrogens is 2. The molecule has 0 bridgehead atoms. The van der Waals surface area contributed by atoms with Crippen LogP contribution < -0.4 is 5.32 Å². The summed E-state index contributed by atoms with van der Waals surface area (Å²) in [7, 11) is 5.99. The third-order valence-electron chi connectivity index (χ3n) is 3.36. The molecule has 0 atom stereocenters. The van der Waals surface area contributed by atoms with Crippen LogP contribution in [0.15, 0.2) is 4.47 Å². The van der Waals surface area contributed by atoms with Crippen LogP contribution in [0.2, 0.25) is 0 Å². The summed E-state index contributed by atoms with van der Waals surface area (Å²) >= 11 is 3.65. The third kappa shape index (κ3) is 3.01. The van der Waals surface area contributed by atoms with Gasteiger partial charge < -0.3 is 10.2 Å². The van der Waals surface area contributed by atoms with Crippen molar-refractivity contribution in [3.8, 4) is 0 Å². The topological polar surface area (TPSA) is 41.1 Å². The van der Waals surface area contributed by atoms with Crippen LogP contribution >= 0.6 is 15.9 Å². The molecule has 1 aliphatic carbocycles. The smallest absolute Gasteiger partial charge is 0.145 e. The van der Waals surface area contributed by atoms with E-state index in [0.717, 1.165) is 22.7 Å². The van der Waals surface area contributed by atoms with Gasteiger partial charge in [-0.2, -0.15) is 0 Å². The molecule has 0 radical (unpaired) electrons. The van der Waals surface area contributed by atoms with E-state index in [1.54, 1.807) is 0 Å². The SMILES string of the molecule is CNc1nc(CN(C)C)nc(C2CCCC2)c1Br. The van der Waals surface area contributed by atoms with Gasteiger partial charge in [-0.15, -0.1) is 0 Å². The van der Waals surface area contributed by atoms with Gasteiger partial charge in [-0.1, -0.05) is 12.8 Å². The molecule has 0 saturated heterocycles. The Labute approximate surface area is 117 Å². The van der Waals surface area contributed by atoms with Gasteiger partial charge in [0.05, 0.1) is 16.7 Å². The molecule has 5 heteroatoms. The second-order valence-electron chi connectivity index (χ2n) is 5.16. The molecule has 1 aliphatic rings. The Morgan fingerprint density at radius 3 is 2.50 bits per heavy atom. The van der Waals surface area contributed by atoms with Gasteiger partial charge >= 0.3 is 0 Å². The molecule has 1 N–H and O–H groups in total. The summed E-state index contributed by atoms with van der Waals surface area (Å²) in [6, 6.07) is 0. The van der Waals surface area contributed by atoms with Crippen molar-refractivity contribution in [3.63, 3.8) is 0 Å². The van der Waals surface area contributed by atoms with Gasteiger partial charge in [-0.3, -0.25) is 0 Å². The third-order valence-corrected chi connectivity index (χ3v) is 4.14. The summed E-state index contributed by atoms with van der Waals surface area (Å²) in [6.45, 7) is 0.779. The summed E-state index contributed by atoms with van der Waals surface area (Å²) in [4.78, 5) is 11.4. The van der Waals surface area contributed by atoms with Gasteiger partial charge in [0, 0.05) is 13.0 Å². The number of hydrogen-bond donors (Lipinski definition) is 1. The molecule has 0 aliphatic heterocycles. The van der Waals surface area contributed by atoms with Crippen LogP contribution in [-0.2, 0) is 6.54 Å². The Morgan fingerprint density at radius 1 is 1.28 bits per heavy atom. The molecule has 0 unspecified atom stereocenters. The highest BCUT2D eigenvalue weighted by Crippen LogP contribution is 2.38. The van der Waals surface area contributed by atoms with Crippen LogP contribution in [0.4, 0.5) is 5.82 Å². The molecule has 4 nitrogen and oxygen atoms in total. The minimum atomic E-state index is 0.593. The largest absolute Gasteiger partial charge is 0.372 e. The predicted molar refractivity (Wildman–Crippen MR) is 77.9 cm³/mol. The first-order valence-corrected chi connectivity index (χ1v) is 7.30. The number of rotatable bonds is 4. The molecule has 0 spiro atoms. The predicted octanol–water partition coefficient (Wildman–Crippen LogP) is 3.00. The van der Waals surface area contributed by atoms with Crippen LogP contribution in [0.5, 0.6) is 0 Å². The Kier molecular flexibility index (Phi) is 4.56. The van der Waals surface area contributed by atoms with Crippen LogP contribution in [0.25, 0.3) is 0 Å². The zero-order valence-electron chi connectivity index (χ0n) is 11.3. The van der Waals surface area contributed by atoms with E-state index in [0.29, 0.717) is 5.92 Å². The maximum atomic E-state index is 4.76. The fraction of sp³-hybridized carbons (Fsp3) is 0.692. The zero-order valence-corrected chi connectivity index (χ0v) is 12.9. The van der Waals surface area contributed by atoms with Crippen LogP contribution in [-0.4, -0.2) is 36.0 Å². The molecule has 0 aromatic carbocycles. The molecular weight excluding hydrogens is 292 g/mol. The molecule has 2 rings (SSSR count). The highest BCUT2D eigenvalue weighted by molar-refractivity contribution is 9.10. The lowest BCUT2D eigenvalue weighted by Crippen LogP contribution is -2.16. The monoisotopic (exact) mass is 312 g/mol. The fourth-order valence-electron chi connectivity index (χ4n) is 2.50. The average molecular weight is 313 g/mol. The number of nitrogens with one attached hydrogen (secondary N) is 1. The number of hydrogen-bond acceptors (Lipinski definition) is 4. The van der Waals surface area contributed by atoms with Gasteiger partial charge in [-0.25, -0.2) is 9.97 Å². The highest BCUT2D eigenvalue weighted by atomic mass is 79.9. The first-order chi connectivity index (χ1) is 8.61. The van der Waals surface area contributed by atoms with E-state index >= 15 is 0 Å². The van der Waals surface area contributed by atoms with Crippen LogP contribution in [0.1, 0.15) is 43.1 Å². The van der Waals surface area contributed by atoms with Crippen molar-refractivity contribution in [1.82, 2.24) is 14.9 Å². The normalized spacial score (nSPS) is 16.5. The van der Waals surface area contributed by atoms with Gasteiger partial charge in [0.15, 0.2) is 0 Å². The highest BCUT2D eigenvalue weighted by Gasteiger charge is 2.23. The van der Waals surface area contributed by atoms with Crippen molar-refractivity contribution in [2.75, 3.05) is 26.5 Å². The zero-order chi connectivity index (χ0) is 13.1. The van der Waals surface area contributed by atoms with Gasteiger partial charge in [0.1, 0.15) is 11.6 Å². The van der Waals surface area contributed by atoms with Gasteiger partial charge in [0.25, 0.3) is 0 Å². The van der Waals surface area contributed by atoms with Crippen molar-refractivity contribution in [1.29, 1.82) is 0 Å². The van der Waals surface area contributed by atoms with Crippen molar-refractivity contribution in [2.45, 2.75) is 38.1 Å². The second-order valence-corrected chi connectivity index (χ2v) is 5.95. The van der Waals surface area contributed by atoms with Crippen molar-refractivity contribution in [3.05, 3.63) is 16.0 Å². The van der Waals surface area contributed by atoms with E-state index in [2.05, 4.69) is 31.1 Å². The van der Waals surface area contributed by atoms with Crippen molar-refractivity contribution in [2.24, 2.45) is 0 Å². The van der Waals surface area contributed by atoms with E-state index < -0.39 is 0 Å². The maximum absolute atomic E-state index is 4.76. The molecule has 1 heterocycles. The number of halogens is 1. The molecule has 1 aromatic rings. The van der Waals surface area contributed by atoms with Crippen LogP contribution in [0, 0.1) is 0 Å². The lowest BCUT2D eigenvalue weighted by molar-refractivity contribution is 0.389. The molecule has 0 amide bonds. The standard InChI is InChI=1S/C13H21BrN4/c1-15-13-11(14)12(9-6-4-5-7-9)16-10(17-13)8-18(2)3/h9H,4-8H2,1-3H3,(H,15,16,17). The van der Waals surface area contributed by atoms with Crippen molar-refractivity contribution < 1.29 is 0 Å². The number of anilines is 1. The molecular formula is C13H21BrN4. The second kappa shape index (κ2) is 5.97. The van der Waals surface area contributed by atoms with Crippen molar-refractivity contribution >= 4 is 21.7 Å². The molecule has 1 fully saturated rings. The van der Waals surface area contributed by atoms with Crippen LogP contribution in [0.3, 0.4) is 0 Å². The van der Waals surface area contributed by atoms with E-state index in [4.69, 9.17) is 4.98 Å². The summed E-state index contributed by atoms with van der Waals surface area (Å²) in [5.74, 6) is 2.40. The van der Waals surface area contributed by atoms with E-state index in [1.807, 2.05) is 21.1 Å². The Morgan fingerprint density at radius 2 is 1.94 bits per heavy atom. The summed E-state index contributed by atoms with van der Waals surface area (Å²) in [6.07, 6.45) is 5.14. The van der Waals surface area contributed by atoms with E-state index in [1.165, 1.54) is 31.4 Å². The van der Waals surface area contributed by atoms with Gasteiger partial charge in [0.2, 0.25) is 0 Å². The minimum absolute atomic E-state index is 0.593. The van der Waals surface area contributed by atoms with E-state index in [9.17, 15) is 0 Å². The lowest BCUT2D eigenvalue weighted by Gasteiger charge is -2.17. The first kappa shape index (κ1) is 13.7. The minimum Gasteiger partial charge on any atom is -0.372 e. The first-order valence-electron chi connectivity index (χ1n) is 6.50. The Hall–Kier alpha value is -0.680. The Bertz CT molecular complexity index is 414. The fourth-order valence-corrected chi connectivity index (χ4v) is 3.20. The summed E-state index contributed by atoms with van der Waals surface area (Å²) < 4.78 is 1.04. The molecule has 1 saturated carbocycles. The van der Waals surface area contributed by atoms with Gasteiger partial charge in [-0.05, 0) is 42.9 Å².